The summed E-state index contributed by atoms with van der Waals surface area (Å²) in [5.41, 5.74) is -1.81. The van der Waals surface area contributed by atoms with Crippen molar-refractivity contribution < 1.29 is 75.4 Å². The smallest absolute Gasteiger partial charge is 0.372 e. The predicted molar refractivity (Wildman–Crippen MR) is 402 cm³/mol. The maximum Gasteiger partial charge on any atom is 0.417 e. The topological polar surface area (TPSA) is 292 Å². The molecule has 0 unspecified atom stereocenters. The van der Waals surface area contributed by atoms with Crippen molar-refractivity contribution in [3.63, 3.8) is 0 Å². The fourth-order valence-corrected chi connectivity index (χ4v) is 17.0. The summed E-state index contributed by atoms with van der Waals surface area (Å²) in [5, 5.41) is 8.23. The van der Waals surface area contributed by atoms with Crippen molar-refractivity contribution in [1.29, 1.82) is 0 Å². The van der Waals surface area contributed by atoms with E-state index in [-0.39, 0.29) is 75.5 Å². The van der Waals surface area contributed by atoms with Crippen LogP contribution in [0.4, 0.5) is 13.2 Å². The number of nitrogens with one attached hydrogen (secondary N) is 3. The Hall–Kier alpha value is -7.95. The molecule has 0 radical (unpaired) electrons. The molecule has 3 aliphatic heterocycles. The number of nitrogens with zero attached hydrogens (tertiary/aromatic N) is 10. The Labute approximate surface area is 645 Å². The molecule has 9 atom stereocenters. The molecule has 8 rings (SSSR count). The second kappa shape index (κ2) is 39.3. The molecule has 6 aliphatic rings. The minimum Gasteiger partial charge on any atom is -0.372 e. The number of likely N-dealkylation sites (N-methyl/N-ethyl adjacent to an activating group) is 7. The van der Waals surface area contributed by atoms with Gasteiger partial charge in [0, 0.05) is 87.8 Å². The molecule has 1 aromatic heterocycles. The molecule has 1 aromatic carbocycles. The number of carbonyl (C=O) groups excluding carboxylic acids is 12. The molecule has 3 saturated heterocycles. The van der Waals surface area contributed by atoms with Gasteiger partial charge in [-0.15, -0.1) is 0 Å². The fraction of sp³-hybridized carbons (Fsp3) is 0.709. The SMILES string of the molecule is CC[C@H](C)[C@@H]1NC(=O)[C@H](CC(C)C)N(C)C(=O)C[C@@H](C(=O)N2CCCCC2)N(C)C(=O)[C@H](C2CCCCC2)N(C)C(=O)C2(CCCC2)NC(=O)[C@@H]2C[C@@H](OCc3cccnc3)CN2C(=O)[C@H](CCc2ccc(C(F)(F)F)c(Cl)c2)NC(=O)CN(C)C(=O)[C@H](CC2CCCCC2)N(C)C(=O)CN(C)C(=O)CN(C)C1=O. The Balaban J connectivity index is 1.21. The van der Waals surface area contributed by atoms with Gasteiger partial charge >= 0.3 is 6.18 Å². The van der Waals surface area contributed by atoms with Crippen LogP contribution < -0.4 is 16.0 Å². The average molecular weight is 1550 g/mol. The zero-order valence-corrected chi connectivity index (χ0v) is 66.4. The Bertz CT molecular complexity index is 3530. The van der Waals surface area contributed by atoms with Crippen LogP contribution in [0.5, 0.6) is 0 Å². The van der Waals surface area contributed by atoms with E-state index in [0.717, 1.165) is 84.6 Å². The molecule has 2 aromatic rings. The molecule has 0 bridgehead atoms. The van der Waals surface area contributed by atoms with Crippen LogP contribution in [-0.4, -0.2) is 263 Å². The highest BCUT2D eigenvalue weighted by Gasteiger charge is 2.52. The minimum absolute atomic E-state index is 0.00347. The van der Waals surface area contributed by atoms with Crippen molar-refractivity contribution in [3.8, 4) is 0 Å². The summed E-state index contributed by atoms with van der Waals surface area (Å²) in [6, 6.07) is -2.50. The van der Waals surface area contributed by atoms with E-state index in [0.29, 0.717) is 63.6 Å². The van der Waals surface area contributed by atoms with Crippen molar-refractivity contribution in [3.05, 3.63) is 64.4 Å². The average Bonchev–Trinajstić information content (AvgIpc) is 1.70. The van der Waals surface area contributed by atoms with Gasteiger partial charge in [0.2, 0.25) is 70.9 Å². The van der Waals surface area contributed by atoms with Crippen LogP contribution in [0.15, 0.2) is 42.7 Å². The van der Waals surface area contributed by atoms with Crippen LogP contribution in [0.3, 0.4) is 0 Å². The van der Waals surface area contributed by atoms with E-state index in [1.807, 2.05) is 20.8 Å². The van der Waals surface area contributed by atoms with Gasteiger partial charge in [-0.25, -0.2) is 0 Å². The molecule has 26 nitrogen and oxygen atoms in total. The number of aryl methyl sites for hydroxylation is 1. The normalized spacial score (nSPS) is 26.3. The molecule has 3 N–H and O–H groups in total. The quantitative estimate of drug-likeness (QED) is 0.171. The van der Waals surface area contributed by atoms with Crippen molar-refractivity contribution in [2.24, 2.45) is 23.7 Å². The zero-order valence-electron chi connectivity index (χ0n) is 65.7. The molecule has 4 heterocycles. The van der Waals surface area contributed by atoms with Gasteiger partial charge in [0.1, 0.15) is 47.8 Å². The monoisotopic (exact) mass is 1550 g/mol. The summed E-state index contributed by atoms with van der Waals surface area (Å²) in [4.78, 5) is 198. The zero-order chi connectivity index (χ0) is 79.8. The first-order valence-electron chi connectivity index (χ1n) is 39.3. The third kappa shape index (κ3) is 22.4. The number of rotatable bonds is 14. The van der Waals surface area contributed by atoms with E-state index >= 15 is 33.6 Å². The van der Waals surface area contributed by atoms with E-state index in [1.54, 1.807) is 36.4 Å². The Morgan fingerprint density at radius 1 is 0.670 bits per heavy atom. The highest BCUT2D eigenvalue weighted by Crippen LogP contribution is 2.39. The van der Waals surface area contributed by atoms with Gasteiger partial charge in [0.05, 0.1) is 49.4 Å². The van der Waals surface area contributed by atoms with E-state index < -0.39 is 179 Å². The summed E-state index contributed by atoms with van der Waals surface area (Å²) in [7, 11) is 9.99. The fourth-order valence-electron chi connectivity index (χ4n) is 16.7. The summed E-state index contributed by atoms with van der Waals surface area (Å²) in [6.07, 6.45) is 8.21. The number of ether oxygens (including phenoxy) is 1. The lowest BCUT2D eigenvalue weighted by Gasteiger charge is -2.43. The second-order valence-corrected chi connectivity index (χ2v) is 32.4. The van der Waals surface area contributed by atoms with Gasteiger partial charge in [0.15, 0.2) is 0 Å². The molecule has 604 valence electrons. The van der Waals surface area contributed by atoms with Gasteiger partial charge in [-0.2, -0.15) is 13.2 Å². The lowest BCUT2D eigenvalue weighted by atomic mass is 9.81. The summed E-state index contributed by atoms with van der Waals surface area (Å²) < 4.78 is 48.6. The van der Waals surface area contributed by atoms with Crippen molar-refractivity contribution in [2.45, 2.75) is 249 Å². The number of benzene rings is 1. The van der Waals surface area contributed by atoms with Crippen LogP contribution in [0.25, 0.3) is 0 Å². The number of carbonyl (C=O) groups is 12. The van der Waals surface area contributed by atoms with Crippen molar-refractivity contribution in [1.82, 2.24) is 65.0 Å². The lowest BCUT2D eigenvalue weighted by Crippen LogP contribution is -2.65. The Morgan fingerprint density at radius 2 is 1.29 bits per heavy atom. The first-order chi connectivity index (χ1) is 51.6. The van der Waals surface area contributed by atoms with E-state index in [1.165, 1.54) is 79.9 Å². The second-order valence-electron chi connectivity index (χ2n) is 32.0. The number of hydrogen-bond donors (Lipinski definition) is 3. The molecular weight excluding hydrogens is 1430 g/mol. The number of halogens is 4. The largest absolute Gasteiger partial charge is 0.417 e. The standard InChI is InChI=1S/C79H117ClF3N13O13/c1-12-51(4)68-75(106)90(7)47-66(99)88(5)48-67(100)92(9)62(41-52-25-16-13-17-26-52)73(104)89(6)46-64(97)85-59(33-31-53-30-32-57(58(80)40-53)79(81,82)83)72(103)96-45-56(109-49-54-27-24-36-84-44-54)42-61(96)71(102)87-78(34-20-21-35-78)77(108)94(11)69(55-28-18-14-19-29-55)76(107)93(10)63(74(105)95-37-22-15-23-38-95)43-65(98)91(8)60(39-50(2)3)70(101)86-68/h24,27,30,32,36,40,44,50-52,55-56,59-63,68-69H,12-23,25-26,28-29,31,33-35,37-39,41-43,45-49H2,1-11H3,(H,85,97)(H,86,101)(H,87,102)/t51-,56+,59-,60-,61-,62-,63-,68-,69-/m0/s1. The van der Waals surface area contributed by atoms with E-state index in [9.17, 15) is 37.1 Å². The molecule has 1 spiro atoms. The van der Waals surface area contributed by atoms with Crippen LogP contribution >= 0.6 is 11.6 Å². The number of likely N-dealkylation sites (tertiary alicyclic amines) is 1. The number of amides is 12. The van der Waals surface area contributed by atoms with Gasteiger partial charge in [-0.05, 0) is 124 Å². The number of pyridine rings is 1. The first kappa shape index (κ1) is 86.6. The van der Waals surface area contributed by atoms with Crippen LogP contribution in [0, 0.1) is 23.7 Å². The van der Waals surface area contributed by atoms with Crippen molar-refractivity contribution >= 4 is 82.5 Å². The molecular formula is C79H117ClF3N13O13. The molecule has 3 saturated carbocycles. The summed E-state index contributed by atoms with van der Waals surface area (Å²) >= 11 is 6.24. The van der Waals surface area contributed by atoms with Gasteiger partial charge in [-0.3, -0.25) is 62.5 Å². The third-order valence-corrected chi connectivity index (χ3v) is 23.9. The minimum atomic E-state index is -4.79. The number of piperidine rings is 1. The lowest BCUT2D eigenvalue weighted by molar-refractivity contribution is -0.157. The number of hydrogen-bond acceptors (Lipinski definition) is 14. The van der Waals surface area contributed by atoms with Gasteiger partial charge < -0.3 is 64.8 Å². The number of fused-ring (bicyclic) bond motifs is 1. The maximum absolute atomic E-state index is 16.0. The van der Waals surface area contributed by atoms with Crippen LogP contribution in [-0.2, 0) is 81.5 Å². The van der Waals surface area contributed by atoms with E-state index in [2.05, 4.69) is 20.9 Å². The number of aromatic nitrogens is 1. The summed E-state index contributed by atoms with van der Waals surface area (Å²) in [6.45, 7) is 6.09. The Morgan fingerprint density at radius 3 is 1.91 bits per heavy atom. The summed E-state index contributed by atoms with van der Waals surface area (Å²) in [5.74, 6) is -9.16. The molecule has 6 fully saturated rings. The number of alkyl halides is 3. The van der Waals surface area contributed by atoms with Crippen LogP contribution in [0.2, 0.25) is 5.02 Å². The highest BCUT2D eigenvalue weighted by atomic mass is 35.5. The van der Waals surface area contributed by atoms with E-state index in [4.69, 9.17) is 16.3 Å². The predicted octanol–water partition coefficient (Wildman–Crippen LogP) is 7.01. The van der Waals surface area contributed by atoms with Crippen molar-refractivity contribution in [2.75, 3.05) is 88.6 Å². The Kier molecular flexibility index (Phi) is 31.2. The molecule has 12 amide bonds. The van der Waals surface area contributed by atoms with Crippen LogP contribution in [0.1, 0.15) is 192 Å². The van der Waals surface area contributed by atoms with Gasteiger partial charge in [-0.1, -0.05) is 122 Å². The molecule has 30 heteroatoms. The molecule has 3 aliphatic carbocycles. The third-order valence-electron chi connectivity index (χ3n) is 23.6. The maximum atomic E-state index is 16.0. The first-order valence-corrected chi connectivity index (χ1v) is 39.7. The highest BCUT2D eigenvalue weighted by molar-refractivity contribution is 6.31. The van der Waals surface area contributed by atoms with Gasteiger partial charge in [0.25, 0.3) is 0 Å². The molecule has 109 heavy (non-hydrogen) atoms.